The molecule has 1 heterocycles. The molecule has 0 fully saturated rings. The van der Waals surface area contributed by atoms with Crippen LogP contribution in [-0.2, 0) is 13.1 Å². The van der Waals surface area contributed by atoms with Gasteiger partial charge >= 0.3 is 5.95 Å². The molecule has 0 saturated carbocycles. The number of benzene rings is 2. The maximum Gasteiger partial charge on any atom is 0.356 e. The van der Waals surface area contributed by atoms with Gasteiger partial charge in [0, 0.05) is 8.95 Å². The number of aromatic amines is 1. The van der Waals surface area contributed by atoms with E-state index in [0.29, 0.717) is 16.6 Å². The summed E-state index contributed by atoms with van der Waals surface area (Å²) < 4.78 is 3.61. The standard InChI is InChI=1S/C16H15Br2N3O/c1-2-21-14-6-4-3-5-13(14)20-16(21)19-9-10-7-11(17)8-12(18)15(10)22/h3-8H,2,9H2,1H3,(H2,19,20,22). The molecule has 0 amide bonds. The number of nitrogens with one attached hydrogen (secondary N) is 2. The van der Waals surface area contributed by atoms with Gasteiger partial charge in [-0.1, -0.05) is 49.7 Å². The zero-order valence-electron chi connectivity index (χ0n) is 12.0. The number of hydrogen-bond donors (Lipinski definition) is 2. The average molecular weight is 425 g/mol. The number of aryl methyl sites for hydroxylation is 1. The second-order valence-corrected chi connectivity index (χ2v) is 6.73. The molecule has 0 saturated heterocycles. The first kappa shape index (κ1) is 15.4. The molecule has 3 aromatic rings. The molecule has 6 heteroatoms. The number of imidazole rings is 1. The Labute approximate surface area is 145 Å². The lowest BCUT2D eigenvalue weighted by Crippen LogP contribution is -2.34. The van der Waals surface area contributed by atoms with Gasteiger partial charge in [-0.05, 0) is 36.8 Å². The maximum absolute atomic E-state index is 12.1. The predicted molar refractivity (Wildman–Crippen MR) is 92.8 cm³/mol. The predicted octanol–water partition coefficient (Wildman–Crippen LogP) is 3.69. The number of aromatic nitrogens is 2. The van der Waals surface area contributed by atoms with E-state index in [1.54, 1.807) is 6.07 Å². The fourth-order valence-corrected chi connectivity index (χ4v) is 3.84. The lowest BCUT2D eigenvalue weighted by molar-refractivity contribution is -0.653. The van der Waals surface area contributed by atoms with Crippen molar-refractivity contribution in [3.8, 4) is 5.75 Å². The zero-order valence-corrected chi connectivity index (χ0v) is 15.2. The number of hydrogen-bond acceptors (Lipinski definition) is 2. The van der Waals surface area contributed by atoms with Gasteiger partial charge in [0.2, 0.25) is 0 Å². The van der Waals surface area contributed by atoms with E-state index < -0.39 is 0 Å². The molecule has 1 aromatic heterocycles. The van der Waals surface area contributed by atoms with E-state index >= 15 is 0 Å². The van der Waals surface area contributed by atoms with Crippen LogP contribution >= 0.6 is 31.9 Å². The number of H-pyrrole nitrogens is 1. The van der Waals surface area contributed by atoms with Crippen molar-refractivity contribution in [3.63, 3.8) is 0 Å². The van der Waals surface area contributed by atoms with Gasteiger partial charge in [-0.25, -0.2) is 9.55 Å². The fourth-order valence-electron chi connectivity index (χ4n) is 2.52. The Bertz CT molecular complexity index is 830. The van der Waals surface area contributed by atoms with Crippen molar-refractivity contribution in [2.45, 2.75) is 20.0 Å². The first-order valence-corrected chi connectivity index (χ1v) is 8.58. The van der Waals surface area contributed by atoms with Crippen LogP contribution in [-0.4, -0.2) is 4.98 Å². The molecular weight excluding hydrogens is 410 g/mol. The minimum atomic E-state index is 0.00913. The number of nitrogens with zero attached hydrogens (tertiary/aromatic N) is 1. The van der Waals surface area contributed by atoms with E-state index in [-0.39, 0.29) is 5.75 Å². The Morgan fingerprint density at radius 2 is 2.00 bits per heavy atom. The summed E-state index contributed by atoms with van der Waals surface area (Å²) in [7, 11) is 0. The fraction of sp³-hybridized carbons (Fsp3) is 0.188. The molecule has 0 aliphatic rings. The molecule has 0 spiro atoms. The van der Waals surface area contributed by atoms with Gasteiger partial charge in [-0.15, -0.1) is 0 Å². The van der Waals surface area contributed by atoms with Gasteiger partial charge in [-0.3, -0.25) is 5.32 Å². The molecule has 3 rings (SSSR count). The van der Waals surface area contributed by atoms with Crippen molar-refractivity contribution >= 4 is 48.8 Å². The average Bonchev–Trinajstić information content (AvgIpc) is 2.86. The molecular formula is C16H15Br2N3O. The molecule has 0 radical (unpaired) electrons. The van der Waals surface area contributed by atoms with Crippen LogP contribution in [0, 0.1) is 0 Å². The second-order valence-electron chi connectivity index (χ2n) is 4.96. The summed E-state index contributed by atoms with van der Waals surface area (Å²) in [6, 6.07) is 11.8. The van der Waals surface area contributed by atoms with E-state index in [9.17, 15) is 5.11 Å². The van der Waals surface area contributed by atoms with Crippen LogP contribution in [0.3, 0.4) is 0 Å². The summed E-state index contributed by atoms with van der Waals surface area (Å²) in [5.41, 5.74) is 2.93. The minimum absolute atomic E-state index is 0.00913. The van der Waals surface area contributed by atoms with Crippen LogP contribution < -0.4 is 15.0 Å². The molecule has 0 atom stereocenters. The zero-order chi connectivity index (χ0) is 15.7. The molecule has 22 heavy (non-hydrogen) atoms. The van der Waals surface area contributed by atoms with Crippen LogP contribution in [0.25, 0.3) is 11.0 Å². The van der Waals surface area contributed by atoms with E-state index in [4.69, 9.17) is 0 Å². The Morgan fingerprint density at radius 1 is 1.23 bits per heavy atom. The van der Waals surface area contributed by atoms with E-state index in [1.807, 2.05) is 24.3 Å². The number of para-hydroxylation sites is 2. The van der Waals surface area contributed by atoms with Gasteiger partial charge in [-0.2, -0.15) is 0 Å². The van der Waals surface area contributed by atoms with Crippen molar-refractivity contribution < 1.29 is 9.67 Å². The van der Waals surface area contributed by atoms with Crippen molar-refractivity contribution in [2.75, 3.05) is 5.32 Å². The highest BCUT2D eigenvalue weighted by Gasteiger charge is 2.15. The molecule has 2 N–H and O–H groups in total. The van der Waals surface area contributed by atoms with Gasteiger partial charge in [0.15, 0.2) is 0 Å². The van der Waals surface area contributed by atoms with Crippen LogP contribution in [0.1, 0.15) is 12.5 Å². The highest BCUT2D eigenvalue weighted by Crippen LogP contribution is 2.29. The summed E-state index contributed by atoms with van der Waals surface area (Å²) >= 11 is 6.72. The van der Waals surface area contributed by atoms with E-state index in [0.717, 1.165) is 28.0 Å². The van der Waals surface area contributed by atoms with E-state index in [1.165, 1.54) is 0 Å². The first-order valence-electron chi connectivity index (χ1n) is 6.99. The topological polar surface area (TPSA) is 54.8 Å². The Morgan fingerprint density at radius 3 is 2.77 bits per heavy atom. The van der Waals surface area contributed by atoms with Crippen molar-refractivity contribution in [3.05, 3.63) is 50.9 Å². The van der Waals surface area contributed by atoms with Crippen molar-refractivity contribution in [1.82, 2.24) is 4.98 Å². The third-order valence-corrected chi connectivity index (χ3v) is 4.61. The van der Waals surface area contributed by atoms with E-state index in [2.05, 4.69) is 59.7 Å². The summed E-state index contributed by atoms with van der Waals surface area (Å²) in [4.78, 5) is 3.36. The monoisotopic (exact) mass is 423 g/mol. The highest BCUT2D eigenvalue weighted by atomic mass is 79.9. The van der Waals surface area contributed by atoms with Gasteiger partial charge in [0.25, 0.3) is 0 Å². The lowest BCUT2D eigenvalue weighted by Gasteiger charge is -2.15. The first-order chi connectivity index (χ1) is 10.6. The summed E-state index contributed by atoms with van der Waals surface area (Å²) in [5, 5.41) is 15.5. The largest absolute Gasteiger partial charge is 0.871 e. The van der Waals surface area contributed by atoms with Crippen molar-refractivity contribution in [1.29, 1.82) is 0 Å². The number of rotatable bonds is 4. The summed E-state index contributed by atoms with van der Waals surface area (Å²) in [6.07, 6.45) is 0. The quantitative estimate of drug-likeness (QED) is 0.627. The normalized spacial score (nSPS) is 11.0. The molecule has 2 aromatic carbocycles. The summed E-state index contributed by atoms with van der Waals surface area (Å²) in [6.45, 7) is 3.41. The minimum Gasteiger partial charge on any atom is -0.871 e. The molecule has 0 aliphatic carbocycles. The number of halogens is 2. The number of anilines is 1. The Balaban J connectivity index is 1.91. The Hall–Kier alpha value is -1.53. The Kier molecular flexibility index (Phi) is 4.40. The van der Waals surface area contributed by atoms with Crippen LogP contribution in [0.5, 0.6) is 5.75 Å². The van der Waals surface area contributed by atoms with Crippen LogP contribution in [0.4, 0.5) is 5.95 Å². The second kappa shape index (κ2) is 6.30. The van der Waals surface area contributed by atoms with Crippen LogP contribution in [0.15, 0.2) is 45.3 Å². The SMILES string of the molecule is CC[n+]1c(NCc2cc(Br)cc(Br)c2[O-])[nH]c2ccccc21. The maximum atomic E-state index is 12.1. The molecule has 4 nitrogen and oxygen atoms in total. The van der Waals surface area contributed by atoms with Gasteiger partial charge < -0.3 is 5.11 Å². The lowest BCUT2D eigenvalue weighted by atomic mass is 10.2. The third-order valence-electron chi connectivity index (χ3n) is 3.57. The molecule has 0 unspecified atom stereocenters. The van der Waals surface area contributed by atoms with Gasteiger partial charge in [0.05, 0.1) is 13.1 Å². The smallest absolute Gasteiger partial charge is 0.356 e. The van der Waals surface area contributed by atoms with Gasteiger partial charge in [0.1, 0.15) is 11.0 Å². The summed E-state index contributed by atoms with van der Waals surface area (Å²) in [5.74, 6) is 0.911. The molecule has 0 bridgehead atoms. The molecule has 0 aliphatic heterocycles. The molecule has 114 valence electrons. The third kappa shape index (κ3) is 2.85. The number of fused-ring (bicyclic) bond motifs is 1. The highest BCUT2D eigenvalue weighted by molar-refractivity contribution is 9.11. The van der Waals surface area contributed by atoms with Crippen LogP contribution in [0.2, 0.25) is 0 Å². The van der Waals surface area contributed by atoms with Crippen molar-refractivity contribution in [2.24, 2.45) is 0 Å².